The maximum absolute atomic E-state index is 11.7. The van der Waals surface area contributed by atoms with Gasteiger partial charge >= 0.3 is 5.97 Å². The van der Waals surface area contributed by atoms with Gasteiger partial charge in [-0.25, -0.2) is 4.79 Å². The van der Waals surface area contributed by atoms with Crippen LogP contribution >= 0.6 is 15.9 Å². The van der Waals surface area contributed by atoms with E-state index in [0.717, 1.165) is 21.1 Å². The number of fused-ring (bicyclic) bond motifs is 1. The molecule has 0 atom stereocenters. The molecule has 0 radical (unpaired) electrons. The number of esters is 1. The van der Waals surface area contributed by atoms with Crippen molar-refractivity contribution < 1.29 is 14.3 Å². The van der Waals surface area contributed by atoms with Crippen molar-refractivity contribution in [1.29, 1.82) is 0 Å². The lowest BCUT2D eigenvalue weighted by Gasteiger charge is -2.10. The number of pyridine rings is 1. The molecule has 0 fully saturated rings. The van der Waals surface area contributed by atoms with E-state index in [2.05, 4.69) is 26.2 Å². The Morgan fingerprint density at radius 3 is 2.95 bits per heavy atom. The molecule has 0 spiro atoms. The minimum atomic E-state index is -0.356. The fourth-order valence-corrected chi connectivity index (χ4v) is 2.52. The van der Waals surface area contributed by atoms with Gasteiger partial charge in [0.1, 0.15) is 0 Å². The summed E-state index contributed by atoms with van der Waals surface area (Å²) in [5.41, 5.74) is 2.19. The van der Waals surface area contributed by atoms with Crippen LogP contribution in [-0.4, -0.2) is 37.8 Å². The Morgan fingerprint density at radius 1 is 1.43 bits per heavy atom. The van der Waals surface area contributed by atoms with E-state index in [1.165, 1.54) is 6.20 Å². The number of carbonyl (C=O) groups is 1. The molecule has 2 rings (SSSR count). The molecule has 0 saturated heterocycles. The Labute approximate surface area is 131 Å². The number of benzene rings is 1. The van der Waals surface area contributed by atoms with Gasteiger partial charge < -0.3 is 14.8 Å². The lowest BCUT2D eigenvalue weighted by Crippen LogP contribution is -2.08. The van der Waals surface area contributed by atoms with Crippen molar-refractivity contribution >= 4 is 38.5 Å². The van der Waals surface area contributed by atoms with Crippen LogP contribution in [0.25, 0.3) is 10.9 Å². The SMILES string of the molecule is CCOC(=O)c1cnc2c(Br)c(NCCOC)ccc2c1. The Morgan fingerprint density at radius 2 is 2.24 bits per heavy atom. The van der Waals surface area contributed by atoms with Crippen LogP contribution in [0, 0.1) is 0 Å². The number of nitrogens with zero attached hydrogens (tertiary/aromatic N) is 1. The molecule has 5 nitrogen and oxygen atoms in total. The summed E-state index contributed by atoms with van der Waals surface area (Å²) >= 11 is 3.54. The molecular formula is C15H17BrN2O3. The second kappa shape index (κ2) is 7.38. The first-order valence-corrected chi connectivity index (χ1v) is 7.45. The molecule has 1 aromatic heterocycles. The van der Waals surface area contributed by atoms with E-state index >= 15 is 0 Å². The van der Waals surface area contributed by atoms with Gasteiger partial charge in [-0.1, -0.05) is 6.07 Å². The smallest absolute Gasteiger partial charge is 0.339 e. The van der Waals surface area contributed by atoms with Gasteiger partial charge in [0.05, 0.1) is 34.5 Å². The molecule has 1 N–H and O–H groups in total. The lowest BCUT2D eigenvalue weighted by atomic mass is 10.1. The molecule has 1 heterocycles. The maximum atomic E-state index is 11.7. The molecule has 0 unspecified atom stereocenters. The highest BCUT2D eigenvalue weighted by atomic mass is 79.9. The molecular weight excluding hydrogens is 336 g/mol. The lowest BCUT2D eigenvalue weighted by molar-refractivity contribution is 0.0526. The van der Waals surface area contributed by atoms with Gasteiger partial charge in [0.2, 0.25) is 0 Å². The Bertz CT molecular complexity index is 646. The molecule has 0 aliphatic rings. The average Bonchev–Trinajstić information content (AvgIpc) is 2.49. The van der Waals surface area contributed by atoms with Gasteiger partial charge in [0.15, 0.2) is 0 Å². The summed E-state index contributed by atoms with van der Waals surface area (Å²) in [5.74, 6) is -0.356. The highest BCUT2D eigenvalue weighted by molar-refractivity contribution is 9.10. The number of aromatic nitrogens is 1. The zero-order valence-electron chi connectivity index (χ0n) is 12.0. The number of nitrogens with one attached hydrogen (secondary N) is 1. The van der Waals surface area contributed by atoms with E-state index in [-0.39, 0.29) is 5.97 Å². The molecule has 0 aliphatic heterocycles. The molecule has 0 amide bonds. The second-order valence-electron chi connectivity index (χ2n) is 4.36. The van der Waals surface area contributed by atoms with E-state index in [4.69, 9.17) is 9.47 Å². The van der Waals surface area contributed by atoms with Crippen LogP contribution < -0.4 is 5.32 Å². The summed E-state index contributed by atoms with van der Waals surface area (Å²) in [6.45, 7) is 3.46. The summed E-state index contributed by atoms with van der Waals surface area (Å²) < 4.78 is 10.9. The standard InChI is InChI=1S/C15H17BrN2O3/c1-3-21-15(19)11-8-10-4-5-12(17-6-7-20-2)13(16)14(10)18-9-11/h4-5,8-9,17H,3,6-7H2,1-2H3. The largest absolute Gasteiger partial charge is 0.462 e. The number of hydrogen-bond donors (Lipinski definition) is 1. The van der Waals surface area contributed by atoms with Crippen LogP contribution in [0.4, 0.5) is 5.69 Å². The second-order valence-corrected chi connectivity index (χ2v) is 5.16. The monoisotopic (exact) mass is 352 g/mol. The number of anilines is 1. The first-order chi connectivity index (χ1) is 10.2. The normalized spacial score (nSPS) is 10.6. The van der Waals surface area contributed by atoms with Crippen LogP contribution in [0.15, 0.2) is 28.9 Å². The number of methoxy groups -OCH3 is 1. The summed E-state index contributed by atoms with van der Waals surface area (Å²) in [6, 6.07) is 5.65. The van der Waals surface area contributed by atoms with Crippen molar-refractivity contribution in [1.82, 2.24) is 4.98 Å². The summed E-state index contributed by atoms with van der Waals surface area (Å²) in [6.07, 6.45) is 1.53. The van der Waals surface area contributed by atoms with Crippen molar-refractivity contribution in [3.8, 4) is 0 Å². The first-order valence-electron chi connectivity index (χ1n) is 6.65. The Kier molecular flexibility index (Phi) is 5.52. The third kappa shape index (κ3) is 3.71. The molecule has 0 aliphatic carbocycles. The number of carbonyl (C=O) groups excluding carboxylic acids is 1. The van der Waals surface area contributed by atoms with Crippen molar-refractivity contribution in [2.24, 2.45) is 0 Å². The van der Waals surface area contributed by atoms with Gasteiger partial charge in [0, 0.05) is 25.2 Å². The maximum Gasteiger partial charge on any atom is 0.339 e. The minimum absolute atomic E-state index is 0.350. The van der Waals surface area contributed by atoms with E-state index < -0.39 is 0 Å². The number of rotatable bonds is 6. The Hall–Kier alpha value is -1.66. The molecule has 0 bridgehead atoms. The molecule has 1 aromatic carbocycles. The average molecular weight is 353 g/mol. The fourth-order valence-electron chi connectivity index (χ4n) is 1.92. The predicted octanol–water partition coefficient (Wildman–Crippen LogP) is 3.23. The van der Waals surface area contributed by atoms with Gasteiger partial charge in [-0.3, -0.25) is 4.98 Å². The van der Waals surface area contributed by atoms with Crippen LogP contribution in [0.2, 0.25) is 0 Å². The van der Waals surface area contributed by atoms with Gasteiger partial charge in [-0.05, 0) is 35.0 Å². The Balaban J connectivity index is 2.30. The summed E-state index contributed by atoms with van der Waals surface area (Å²) in [7, 11) is 1.66. The summed E-state index contributed by atoms with van der Waals surface area (Å²) in [4.78, 5) is 16.1. The predicted molar refractivity (Wildman–Crippen MR) is 85.8 cm³/mol. The number of halogens is 1. The van der Waals surface area contributed by atoms with Gasteiger partial charge in [0.25, 0.3) is 0 Å². The number of ether oxygens (including phenoxy) is 2. The molecule has 2 aromatic rings. The van der Waals surface area contributed by atoms with E-state index in [9.17, 15) is 4.79 Å². The van der Waals surface area contributed by atoms with Crippen molar-refractivity contribution in [2.45, 2.75) is 6.92 Å². The van der Waals surface area contributed by atoms with Gasteiger partial charge in [-0.15, -0.1) is 0 Å². The fraction of sp³-hybridized carbons (Fsp3) is 0.333. The zero-order chi connectivity index (χ0) is 15.2. The van der Waals surface area contributed by atoms with Crippen LogP contribution in [0.1, 0.15) is 17.3 Å². The highest BCUT2D eigenvalue weighted by Gasteiger charge is 2.11. The summed E-state index contributed by atoms with van der Waals surface area (Å²) in [5, 5.41) is 4.14. The first kappa shape index (κ1) is 15.7. The van der Waals surface area contributed by atoms with Crippen LogP contribution in [0.3, 0.4) is 0 Å². The molecule has 0 saturated carbocycles. The van der Waals surface area contributed by atoms with Crippen LogP contribution in [0.5, 0.6) is 0 Å². The van der Waals surface area contributed by atoms with E-state index in [1.54, 1.807) is 20.1 Å². The van der Waals surface area contributed by atoms with E-state index in [1.807, 2.05) is 12.1 Å². The van der Waals surface area contributed by atoms with Gasteiger partial charge in [-0.2, -0.15) is 0 Å². The molecule has 112 valence electrons. The molecule has 6 heteroatoms. The van der Waals surface area contributed by atoms with Crippen molar-refractivity contribution in [3.63, 3.8) is 0 Å². The minimum Gasteiger partial charge on any atom is -0.462 e. The third-order valence-corrected chi connectivity index (χ3v) is 3.73. The topological polar surface area (TPSA) is 60.5 Å². The van der Waals surface area contributed by atoms with Crippen molar-refractivity contribution in [2.75, 3.05) is 32.2 Å². The van der Waals surface area contributed by atoms with E-state index in [0.29, 0.717) is 25.3 Å². The number of hydrogen-bond acceptors (Lipinski definition) is 5. The molecule has 21 heavy (non-hydrogen) atoms. The zero-order valence-corrected chi connectivity index (χ0v) is 13.6. The van der Waals surface area contributed by atoms with Crippen LogP contribution in [-0.2, 0) is 9.47 Å². The highest BCUT2D eigenvalue weighted by Crippen LogP contribution is 2.30. The quantitative estimate of drug-likeness (QED) is 0.638. The third-order valence-electron chi connectivity index (χ3n) is 2.92. The van der Waals surface area contributed by atoms with Crippen molar-refractivity contribution in [3.05, 3.63) is 34.4 Å².